The quantitative estimate of drug-likeness (QED) is 0.348. The average molecular weight is 628 g/mol. The van der Waals surface area contributed by atoms with E-state index in [0.29, 0.717) is 23.9 Å². The molecule has 2 N–H and O–H groups in total. The lowest BCUT2D eigenvalue weighted by atomic mass is 10.0. The minimum atomic E-state index is -4.66. The lowest BCUT2D eigenvalue weighted by molar-refractivity contribution is -0.138. The van der Waals surface area contributed by atoms with Gasteiger partial charge in [-0.2, -0.15) is 18.2 Å². The number of piperidine rings is 1. The first kappa shape index (κ1) is 31.3. The highest BCUT2D eigenvalue weighted by molar-refractivity contribution is 5.68. The number of β-amino-alcohol motifs (C(OH)–C–C–N with tert-alkyl or cyclic N) is 1. The average Bonchev–Trinajstić information content (AvgIpc) is 3.55. The molecular formula is C32H40F3N7O3. The second-order valence-electron chi connectivity index (χ2n) is 11.6. The first-order valence-corrected chi connectivity index (χ1v) is 15.5. The van der Waals surface area contributed by atoms with Gasteiger partial charge in [0, 0.05) is 76.2 Å². The molecule has 0 spiro atoms. The highest BCUT2D eigenvalue weighted by atomic mass is 19.4. The third-order valence-corrected chi connectivity index (χ3v) is 8.95. The van der Waals surface area contributed by atoms with Crippen molar-refractivity contribution in [2.24, 2.45) is 0 Å². The largest absolute Gasteiger partial charge is 0.495 e. The van der Waals surface area contributed by atoms with Gasteiger partial charge in [-0.15, -0.1) is 0 Å². The Kier molecular flexibility index (Phi) is 9.59. The molecule has 1 atom stereocenters. The molecule has 0 saturated carbocycles. The number of hydroxylamine groups is 1. The number of methoxy groups -OCH3 is 1. The van der Waals surface area contributed by atoms with Crippen molar-refractivity contribution in [2.75, 3.05) is 81.4 Å². The molecule has 0 aliphatic carbocycles. The lowest BCUT2D eigenvalue weighted by Crippen LogP contribution is -2.53. The number of piperazine rings is 1. The monoisotopic (exact) mass is 627 g/mol. The van der Waals surface area contributed by atoms with E-state index in [1.807, 2.05) is 48.5 Å². The molecular weight excluding hydrogens is 587 g/mol. The number of ether oxygens (including phenoxy) is 1. The summed E-state index contributed by atoms with van der Waals surface area (Å²) < 4.78 is 48.0. The van der Waals surface area contributed by atoms with E-state index in [4.69, 9.17) is 9.57 Å². The van der Waals surface area contributed by atoms with Crippen LogP contribution in [0.1, 0.15) is 36.4 Å². The number of benzene rings is 2. The Labute approximate surface area is 261 Å². The predicted molar refractivity (Wildman–Crippen MR) is 166 cm³/mol. The van der Waals surface area contributed by atoms with Gasteiger partial charge < -0.3 is 20.1 Å². The Balaban J connectivity index is 1.15. The van der Waals surface area contributed by atoms with Crippen molar-refractivity contribution < 1.29 is 27.9 Å². The molecule has 3 aliphatic rings. The molecule has 3 saturated heterocycles. The number of nitrogens with one attached hydrogen (secondary N) is 1. The number of hydrogen-bond acceptors (Lipinski definition) is 10. The summed E-state index contributed by atoms with van der Waals surface area (Å²) in [4.78, 5) is 21.2. The van der Waals surface area contributed by atoms with Gasteiger partial charge >= 0.3 is 6.18 Å². The van der Waals surface area contributed by atoms with Crippen LogP contribution in [0.25, 0.3) is 0 Å². The summed E-state index contributed by atoms with van der Waals surface area (Å²) in [6.07, 6.45) is -1.22. The SMILES string of the molecule is COc1cc(Nc2ncc(C(F)(F)F)c(N3OCC[C@H]3c3ccccc3)n2)ccc1N1CCC(N2CCN(CCO)CC2)CC1. The van der Waals surface area contributed by atoms with E-state index in [9.17, 15) is 18.3 Å². The topological polar surface area (TPSA) is 89.5 Å². The number of nitrogens with zero attached hydrogens (tertiary/aromatic N) is 6. The number of aromatic nitrogens is 2. The van der Waals surface area contributed by atoms with Crippen LogP contribution in [0.4, 0.5) is 36.3 Å². The molecule has 0 bridgehead atoms. The van der Waals surface area contributed by atoms with E-state index >= 15 is 0 Å². The van der Waals surface area contributed by atoms with E-state index in [-0.39, 0.29) is 25.0 Å². The van der Waals surface area contributed by atoms with Crippen molar-refractivity contribution in [2.45, 2.75) is 37.5 Å². The molecule has 0 radical (unpaired) electrons. The second-order valence-corrected chi connectivity index (χ2v) is 11.6. The number of rotatable bonds is 9. The molecule has 0 unspecified atom stereocenters. The Morgan fingerprint density at radius 3 is 2.44 bits per heavy atom. The maximum atomic E-state index is 14.1. The zero-order chi connectivity index (χ0) is 31.4. The van der Waals surface area contributed by atoms with Crippen LogP contribution in [0.3, 0.4) is 0 Å². The Bertz CT molecular complexity index is 1410. The number of hydrogen-bond donors (Lipinski definition) is 2. The molecule has 0 amide bonds. The summed E-state index contributed by atoms with van der Waals surface area (Å²) in [6, 6.07) is 15.1. The minimum absolute atomic E-state index is 0.0232. The van der Waals surface area contributed by atoms with Gasteiger partial charge in [0.15, 0.2) is 5.82 Å². The first-order chi connectivity index (χ1) is 21.8. The van der Waals surface area contributed by atoms with Gasteiger partial charge in [0.2, 0.25) is 5.95 Å². The van der Waals surface area contributed by atoms with E-state index in [0.717, 1.165) is 76.1 Å². The zero-order valence-electron chi connectivity index (χ0n) is 25.4. The van der Waals surface area contributed by atoms with Gasteiger partial charge in [0.05, 0.1) is 32.1 Å². The van der Waals surface area contributed by atoms with Crippen LogP contribution in [0.5, 0.6) is 5.75 Å². The standard InChI is InChI=1S/C32H40F3N7O3/c1-44-29-21-24(7-8-28(29)41-12-9-25(10-13-41)40-16-14-39(15-17-40)18-19-43)37-31-36-22-26(32(33,34)35)30(38-31)42-27(11-20-45-42)23-5-3-2-4-6-23/h2-8,21-22,25,27,43H,9-20H2,1H3,(H,36,37,38)/t27-/m0/s1. The number of aliphatic hydroxyl groups excluding tert-OH is 1. The third-order valence-electron chi connectivity index (χ3n) is 8.95. The fourth-order valence-electron chi connectivity index (χ4n) is 6.57. The van der Waals surface area contributed by atoms with Crippen LogP contribution in [0, 0.1) is 0 Å². The van der Waals surface area contributed by atoms with Gasteiger partial charge in [-0.1, -0.05) is 30.3 Å². The molecule has 6 rings (SSSR count). The van der Waals surface area contributed by atoms with Crippen molar-refractivity contribution in [3.05, 3.63) is 65.9 Å². The maximum Gasteiger partial charge on any atom is 0.421 e. The van der Waals surface area contributed by atoms with Gasteiger partial charge in [0.25, 0.3) is 0 Å². The number of halogens is 3. The molecule has 10 nitrogen and oxygen atoms in total. The van der Waals surface area contributed by atoms with Gasteiger partial charge in [0.1, 0.15) is 11.3 Å². The van der Waals surface area contributed by atoms with Crippen LogP contribution in [-0.2, 0) is 11.0 Å². The lowest BCUT2D eigenvalue weighted by Gasteiger charge is -2.43. The van der Waals surface area contributed by atoms with Crippen LogP contribution < -0.4 is 20.0 Å². The third kappa shape index (κ3) is 7.11. The Morgan fingerprint density at radius 1 is 1.00 bits per heavy atom. The molecule has 242 valence electrons. The zero-order valence-corrected chi connectivity index (χ0v) is 25.4. The van der Waals surface area contributed by atoms with Gasteiger partial charge in [-0.25, -0.2) is 10.0 Å². The minimum Gasteiger partial charge on any atom is -0.495 e. The molecule has 3 aliphatic heterocycles. The van der Waals surface area contributed by atoms with Crippen molar-refractivity contribution in [3.8, 4) is 5.75 Å². The van der Waals surface area contributed by atoms with Crippen molar-refractivity contribution in [1.82, 2.24) is 19.8 Å². The molecule has 1 aromatic heterocycles. The molecule has 3 fully saturated rings. The predicted octanol–water partition coefficient (Wildman–Crippen LogP) is 4.71. The molecule has 4 heterocycles. The fraction of sp³-hybridized carbons (Fsp3) is 0.500. The van der Waals surface area contributed by atoms with Crippen LogP contribution in [0.2, 0.25) is 0 Å². The number of aliphatic hydroxyl groups is 1. The highest BCUT2D eigenvalue weighted by Gasteiger charge is 2.40. The Morgan fingerprint density at radius 2 is 1.76 bits per heavy atom. The molecule has 2 aromatic carbocycles. The smallest absolute Gasteiger partial charge is 0.421 e. The van der Waals surface area contributed by atoms with Crippen LogP contribution >= 0.6 is 0 Å². The van der Waals surface area contributed by atoms with Crippen molar-refractivity contribution in [1.29, 1.82) is 0 Å². The number of alkyl halides is 3. The summed E-state index contributed by atoms with van der Waals surface area (Å²) in [7, 11) is 1.61. The van der Waals surface area contributed by atoms with E-state index in [1.54, 1.807) is 7.11 Å². The van der Waals surface area contributed by atoms with Gasteiger partial charge in [-0.05, 0) is 30.5 Å². The first-order valence-electron chi connectivity index (χ1n) is 15.5. The van der Waals surface area contributed by atoms with Crippen LogP contribution in [0.15, 0.2) is 54.7 Å². The second kappa shape index (κ2) is 13.8. The molecule has 45 heavy (non-hydrogen) atoms. The summed E-state index contributed by atoms with van der Waals surface area (Å²) in [6.45, 7) is 7.06. The van der Waals surface area contributed by atoms with E-state index in [1.165, 1.54) is 5.06 Å². The molecule has 13 heteroatoms. The van der Waals surface area contributed by atoms with Crippen molar-refractivity contribution >= 4 is 23.1 Å². The van der Waals surface area contributed by atoms with Crippen molar-refractivity contribution in [3.63, 3.8) is 0 Å². The number of anilines is 4. The summed E-state index contributed by atoms with van der Waals surface area (Å²) in [5, 5.41) is 13.5. The summed E-state index contributed by atoms with van der Waals surface area (Å²) in [5.41, 5.74) is 1.46. The molecule has 3 aromatic rings. The fourth-order valence-corrected chi connectivity index (χ4v) is 6.57. The van der Waals surface area contributed by atoms with E-state index < -0.39 is 17.8 Å². The van der Waals surface area contributed by atoms with E-state index in [2.05, 4.69) is 30.0 Å². The van der Waals surface area contributed by atoms with Crippen LogP contribution in [-0.4, -0.2) is 97.1 Å². The maximum absolute atomic E-state index is 14.1. The van der Waals surface area contributed by atoms with Gasteiger partial charge in [-0.3, -0.25) is 14.6 Å². The summed E-state index contributed by atoms with van der Waals surface area (Å²) in [5.74, 6) is 0.359. The highest BCUT2D eigenvalue weighted by Crippen LogP contribution is 2.42. The normalized spacial score (nSPS) is 20.5. The summed E-state index contributed by atoms with van der Waals surface area (Å²) >= 11 is 0. The Hall–Kier alpha value is -3.65.